The van der Waals surface area contributed by atoms with Gasteiger partial charge in [0, 0.05) is 30.4 Å². The van der Waals surface area contributed by atoms with Crippen molar-refractivity contribution in [3.8, 4) is 0 Å². The van der Waals surface area contributed by atoms with Crippen LogP contribution in [-0.4, -0.2) is 28.0 Å². The van der Waals surface area contributed by atoms with E-state index in [4.69, 9.17) is 5.11 Å². The van der Waals surface area contributed by atoms with Crippen LogP contribution in [0.3, 0.4) is 0 Å². The van der Waals surface area contributed by atoms with Crippen molar-refractivity contribution in [3.05, 3.63) is 36.0 Å². The number of rotatable bonds is 4. The van der Waals surface area contributed by atoms with E-state index in [1.807, 2.05) is 30.5 Å². The zero-order valence-electron chi connectivity index (χ0n) is 9.93. The van der Waals surface area contributed by atoms with Crippen molar-refractivity contribution in [1.29, 1.82) is 0 Å². The van der Waals surface area contributed by atoms with Crippen molar-refractivity contribution in [3.63, 3.8) is 0 Å². The van der Waals surface area contributed by atoms with E-state index in [2.05, 4.69) is 10.3 Å². The average molecular weight is 246 g/mol. The number of fused-ring (bicyclic) bond motifs is 1. The number of nitrogens with one attached hydrogen (secondary N) is 2. The molecule has 2 aromatic rings. The highest BCUT2D eigenvalue weighted by molar-refractivity contribution is 5.86. The lowest BCUT2D eigenvalue weighted by Gasteiger charge is -2.13. The van der Waals surface area contributed by atoms with Crippen molar-refractivity contribution in [2.45, 2.75) is 19.4 Å². The lowest BCUT2D eigenvalue weighted by Crippen LogP contribution is -2.41. The molecule has 1 heterocycles. The fourth-order valence-corrected chi connectivity index (χ4v) is 1.99. The maximum atomic E-state index is 11.1. The summed E-state index contributed by atoms with van der Waals surface area (Å²) >= 11 is 0. The number of hydrogen-bond acceptors (Lipinski definition) is 2. The number of carbonyl (C=O) groups is 2. The number of hydrogen-bond donors (Lipinski definition) is 3. The predicted molar refractivity (Wildman–Crippen MR) is 67.2 cm³/mol. The summed E-state index contributed by atoms with van der Waals surface area (Å²) in [6.07, 6.45) is 2.08. The minimum atomic E-state index is -1.03. The molecule has 1 unspecified atom stereocenters. The van der Waals surface area contributed by atoms with Gasteiger partial charge >= 0.3 is 5.97 Å². The third-order valence-corrected chi connectivity index (χ3v) is 2.78. The molecule has 0 fully saturated rings. The monoisotopic (exact) mass is 246 g/mol. The Balaban J connectivity index is 2.28. The van der Waals surface area contributed by atoms with Gasteiger partial charge in [-0.25, -0.2) is 4.79 Å². The molecule has 0 aliphatic carbocycles. The van der Waals surface area contributed by atoms with Gasteiger partial charge in [-0.3, -0.25) is 4.79 Å². The largest absolute Gasteiger partial charge is 0.480 e. The Bertz CT molecular complexity index is 589. The molecule has 0 radical (unpaired) electrons. The number of H-pyrrole nitrogens is 1. The molecule has 2 rings (SSSR count). The van der Waals surface area contributed by atoms with Crippen molar-refractivity contribution >= 4 is 22.8 Å². The van der Waals surface area contributed by atoms with Gasteiger partial charge in [0.2, 0.25) is 5.91 Å². The zero-order valence-corrected chi connectivity index (χ0v) is 9.93. The van der Waals surface area contributed by atoms with Crippen LogP contribution in [0, 0.1) is 0 Å². The fraction of sp³-hybridized carbons (Fsp3) is 0.231. The number of benzene rings is 1. The fourth-order valence-electron chi connectivity index (χ4n) is 1.99. The van der Waals surface area contributed by atoms with Gasteiger partial charge in [-0.1, -0.05) is 12.1 Å². The van der Waals surface area contributed by atoms with Gasteiger partial charge in [0.15, 0.2) is 0 Å². The molecule has 1 aromatic heterocycles. The Morgan fingerprint density at radius 1 is 1.39 bits per heavy atom. The Kier molecular flexibility index (Phi) is 3.32. The molecule has 94 valence electrons. The van der Waals surface area contributed by atoms with Gasteiger partial charge < -0.3 is 15.4 Å². The summed E-state index contributed by atoms with van der Waals surface area (Å²) in [5, 5.41) is 12.5. The molecule has 0 bridgehead atoms. The highest BCUT2D eigenvalue weighted by Gasteiger charge is 2.19. The first-order valence-electron chi connectivity index (χ1n) is 5.63. The van der Waals surface area contributed by atoms with Crippen molar-refractivity contribution in [2.75, 3.05) is 0 Å². The number of aromatic amines is 1. The van der Waals surface area contributed by atoms with E-state index < -0.39 is 12.0 Å². The van der Waals surface area contributed by atoms with Crippen LogP contribution < -0.4 is 5.32 Å². The van der Waals surface area contributed by atoms with Gasteiger partial charge in [-0.2, -0.15) is 0 Å². The molecule has 1 aromatic carbocycles. The normalized spacial score (nSPS) is 12.3. The molecule has 0 aliphatic rings. The van der Waals surface area contributed by atoms with Crippen LogP contribution in [0.4, 0.5) is 0 Å². The number of carboxylic acid groups (broad SMARTS) is 1. The van der Waals surface area contributed by atoms with Crippen LogP contribution in [0.5, 0.6) is 0 Å². The standard InChI is InChI=1S/C13H14N2O3/c1-8(16)15-12(13(17)18)7-9-3-2-4-11-10(9)5-6-14-11/h2-6,12,14H,7H2,1H3,(H,15,16)(H,17,18). The third kappa shape index (κ3) is 2.51. The molecule has 5 heteroatoms. The second kappa shape index (κ2) is 4.91. The molecule has 18 heavy (non-hydrogen) atoms. The van der Waals surface area contributed by atoms with Gasteiger partial charge in [0.1, 0.15) is 6.04 Å². The summed E-state index contributed by atoms with van der Waals surface area (Å²) in [4.78, 5) is 25.1. The lowest BCUT2D eigenvalue weighted by molar-refractivity contribution is -0.141. The number of amides is 1. The molecule has 3 N–H and O–H groups in total. The van der Waals surface area contributed by atoms with E-state index >= 15 is 0 Å². The summed E-state index contributed by atoms with van der Waals surface area (Å²) in [6, 6.07) is 6.65. The van der Waals surface area contributed by atoms with Gasteiger partial charge in [-0.05, 0) is 17.7 Å². The Morgan fingerprint density at radius 2 is 2.17 bits per heavy atom. The molecule has 0 spiro atoms. The van der Waals surface area contributed by atoms with E-state index in [0.29, 0.717) is 0 Å². The number of carboxylic acids is 1. The first kappa shape index (κ1) is 12.2. The Hall–Kier alpha value is -2.30. The SMILES string of the molecule is CC(=O)NC(Cc1cccc2[nH]ccc12)C(=O)O. The van der Waals surface area contributed by atoms with Crippen LogP contribution in [0.15, 0.2) is 30.5 Å². The zero-order chi connectivity index (χ0) is 13.1. The summed E-state index contributed by atoms with van der Waals surface area (Å²) in [5.41, 5.74) is 1.86. The maximum absolute atomic E-state index is 11.1. The molecule has 1 atom stereocenters. The summed E-state index contributed by atoms with van der Waals surface area (Å²) in [6.45, 7) is 1.31. The topological polar surface area (TPSA) is 82.2 Å². The quantitative estimate of drug-likeness (QED) is 0.760. The summed E-state index contributed by atoms with van der Waals surface area (Å²) < 4.78 is 0. The maximum Gasteiger partial charge on any atom is 0.326 e. The highest BCUT2D eigenvalue weighted by Crippen LogP contribution is 2.18. The molecule has 0 saturated carbocycles. The van der Waals surface area contributed by atoms with Gasteiger partial charge in [0.25, 0.3) is 0 Å². The second-order valence-electron chi connectivity index (χ2n) is 4.15. The van der Waals surface area contributed by atoms with Crippen LogP contribution >= 0.6 is 0 Å². The molecule has 0 aliphatic heterocycles. The van der Waals surface area contributed by atoms with Crippen LogP contribution in [-0.2, 0) is 16.0 Å². The predicted octanol–water partition coefficient (Wildman–Crippen LogP) is 1.30. The first-order valence-corrected chi connectivity index (χ1v) is 5.63. The van der Waals surface area contributed by atoms with Crippen LogP contribution in [0.25, 0.3) is 10.9 Å². The highest BCUT2D eigenvalue weighted by atomic mass is 16.4. The minimum Gasteiger partial charge on any atom is -0.480 e. The van der Waals surface area contributed by atoms with Gasteiger partial charge in [-0.15, -0.1) is 0 Å². The summed E-state index contributed by atoms with van der Waals surface area (Å²) in [7, 11) is 0. The van der Waals surface area contributed by atoms with Crippen molar-refractivity contribution in [2.24, 2.45) is 0 Å². The second-order valence-corrected chi connectivity index (χ2v) is 4.15. The Morgan fingerprint density at radius 3 is 2.83 bits per heavy atom. The first-order chi connectivity index (χ1) is 8.58. The number of aliphatic carboxylic acids is 1. The van der Waals surface area contributed by atoms with Crippen LogP contribution in [0.1, 0.15) is 12.5 Å². The molecule has 0 saturated heterocycles. The molecular weight excluding hydrogens is 232 g/mol. The van der Waals surface area contributed by atoms with Crippen molar-refractivity contribution in [1.82, 2.24) is 10.3 Å². The van der Waals surface area contributed by atoms with Crippen molar-refractivity contribution < 1.29 is 14.7 Å². The third-order valence-electron chi connectivity index (χ3n) is 2.78. The molecule has 1 amide bonds. The number of aromatic nitrogens is 1. The molecular formula is C13H14N2O3. The van der Waals surface area contributed by atoms with E-state index in [-0.39, 0.29) is 12.3 Å². The lowest BCUT2D eigenvalue weighted by atomic mass is 10.0. The smallest absolute Gasteiger partial charge is 0.326 e. The minimum absolute atomic E-state index is 0.268. The molecule has 5 nitrogen and oxygen atoms in total. The summed E-state index contributed by atoms with van der Waals surface area (Å²) in [5.74, 6) is -1.37. The van der Waals surface area contributed by atoms with E-state index in [1.165, 1.54) is 6.92 Å². The average Bonchev–Trinajstić information content (AvgIpc) is 2.76. The van der Waals surface area contributed by atoms with E-state index in [9.17, 15) is 9.59 Å². The number of carbonyl (C=O) groups excluding carboxylic acids is 1. The van der Waals surface area contributed by atoms with Gasteiger partial charge in [0.05, 0.1) is 0 Å². The Labute approximate surface area is 104 Å². The van der Waals surface area contributed by atoms with E-state index in [1.54, 1.807) is 0 Å². The van der Waals surface area contributed by atoms with Crippen LogP contribution in [0.2, 0.25) is 0 Å². The van der Waals surface area contributed by atoms with E-state index in [0.717, 1.165) is 16.5 Å².